The smallest absolute Gasteiger partial charge is 0.170 e. The van der Waals surface area contributed by atoms with Crippen molar-refractivity contribution >= 4 is 19.7 Å². The summed E-state index contributed by atoms with van der Waals surface area (Å²) in [5, 5.41) is 11.8. The second-order valence-electron chi connectivity index (χ2n) is 18.2. The van der Waals surface area contributed by atoms with E-state index in [1.54, 1.807) is 0 Å². The molecule has 9 aliphatic rings. The second kappa shape index (κ2) is 14.4. The average Bonchev–Trinajstić information content (AvgIpc) is 3.68. The van der Waals surface area contributed by atoms with Crippen LogP contribution in [0.5, 0.6) is 0 Å². The number of fused-ring (bicyclic) bond motifs is 6. The fourth-order valence-electron chi connectivity index (χ4n) is 13.9. The SMILES string of the molecule is O=S(=O)(C1CCC(N2C3CCCCC3C3CCNCC32)CC1)C1CNC(S(=O)(=O)C2CCC(N3C4CCCCC4C4CCNCC43)CC2)CN1. The Kier molecular flexibility index (Phi) is 10.2. The molecular weight excluding hydrogens is 669 g/mol. The normalized spacial score (nSPS) is 47.9. The third-order valence-corrected chi connectivity index (χ3v) is 21.2. The van der Waals surface area contributed by atoms with Crippen LogP contribution in [0.4, 0.5) is 0 Å². The van der Waals surface area contributed by atoms with E-state index >= 15 is 0 Å². The predicted molar refractivity (Wildman–Crippen MR) is 198 cm³/mol. The maximum absolute atomic E-state index is 14.0. The van der Waals surface area contributed by atoms with Gasteiger partial charge < -0.3 is 10.6 Å². The summed E-state index contributed by atoms with van der Waals surface area (Å²) in [6, 6.07) is 3.64. The van der Waals surface area contributed by atoms with Gasteiger partial charge in [-0.15, -0.1) is 0 Å². The number of nitrogens with one attached hydrogen (secondary N) is 4. The Morgan fingerprint density at radius 3 is 1.18 bits per heavy atom. The Morgan fingerprint density at radius 1 is 0.400 bits per heavy atom. The summed E-state index contributed by atoms with van der Waals surface area (Å²) in [7, 11) is -6.84. The minimum atomic E-state index is -3.42. The molecule has 284 valence electrons. The molecule has 0 bridgehead atoms. The van der Waals surface area contributed by atoms with Crippen LogP contribution >= 0.6 is 0 Å². The van der Waals surface area contributed by atoms with Crippen molar-refractivity contribution in [2.45, 2.75) is 173 Å². The number of piperazine rings is 1. The van der Waals surface area contributed by atoms with Gasteiger partial charge in [0.1, 0.15) is 10.7 Å². The standard InChI is InChI=1S/C38H66N6O4S2/c45-49(46,27-13-9-25(10-14-27)43-33-7-3-1-5-29(33)31-17-19-39-21-35(31)43)37-23-42-38(24-41-37)50(47,48)28-15-11-26(12-16-28)44-34-8-4-2-6-30(34)32-18-20-40-22-36(32)44/h25-42H,1-24H2. The summed E-state index contributed by atoms with van der Waals surface area (Å²) in [4.78, 5) is 5.77. The minimum absolute atomic E-state index is 0.180. The van der Waals surface area contributed by atoms with Crippen molar-refractivity contribution in [2.75, 3.05) is 39.3 Å². The van der Waals surface area contributed by atoms with Gasteiger partial charge in [0.2, 0.25) is 0 Å². The van der Waals surface area contributed by atoms with E-state index in [9.17, 15) is 16.8 Å². The van der Waals surface area contributed by atoms with Gasteiger partial charge in [0.25, 0.3) is 0 Å². The molecule has 5 aliphatic heterocycles. The molecule has 0 amide bonds. The molecule has 5 saturated heterocycles. The van der Waals surface area contributed by atoms with Gasteiger partial charge in [-0.25, -0.2) is 16.8 Å². The van der Waals surface area contributed by atoms with E-state index in [0.717, 1.165) is 101 Å². The van der Waals surface area contributed by atoms with Crippen LogP contribution in [0.1, 0.15) is 116 Å². The van der Waals surface area contributed by atoms with Crippen LogP contribution in [-0.4, -0.2) is 123 Å². The van der Waals surface area contributed by atoms with E-state index in [2.05, 4.69) is 31.1 Å². The lowest BCUT2D eigenvalue weighted by Gasteiger charge is -2.44. The summed E-state index contributed by atoms with van der Waals surface area (Å²) in [5.74, 6) is 3.31. The van der Waals surface area contributed by atoms with Gasteiger partial charge in [0.15, 0.2) is 19.7 Å². The summed E-state index contributed by atoms with van der Waals surface area (Å²) in [5.41, 5.74) is 0. The minimum Gasteiger partial charge on any atom is -0.315 e. The summed E-state index contributed by atoms with van der Waals surface area (Å²) in [6.07, 6.45) is 20.2. The monoisotopic (exact) mass is 734 g/mol. The van der Waals surface area contributed by atoms with Gasteiger partial charge in [0.05, 0.1) is 10.5 Å². The van der Waals surface area contributed by atoms with Crippen molar-refractivity contribution in [3.8, 4) is 0 Å². The Balaban J connectivity index is 0.777. The Morgan fingerprint density at radius 2 is 0.780 bits per heavy atom. The molecule has 0 aromatic carbocycles. The van der Waals surface area contributed by atoms with Gasteiger partial charge in [-0.1, -0.05) is 25.7 Å². The molecule has 10 unspecified atom stereocenters. The van der Waals surface area contributed by atoms with Gasteiger partial charge >= 0.3 is 0 Å². The lowest BCUT2D eigenvalue weighted by molar-refractivity contribution is 0.0704. The van der Waals surface area contributed by atoms with E-state index in [1.807, 2.05) is 0 Å². The Bertz CT molecular complexity index is 1260. The summed E-state index contributed by atoms with van der Waals surface area (Å²) >= 11 is 0. The maximum Gasteiger partial charge on any atom is 0.170 e. The summed E-state index contributed by atoms with van der Waals surface area (Å²) < 4.78 is 55.8. The van der Waals surface area contributed by atoms with Crippen molar-refractivity contribution in [3.63, 3.8) is 0 Å². The van der Waals surface area contributed by atoms with Crippen molar-refractivity contribution in [1.29, 1.82) is 0 Å². The number of piperidine rings is 2. The fourth-order valence-corrected chi connectivity index (χ4v) is 18.0. The molecule has 9 rings (SSSR count). The fraction of sp³-hybridized carbons (Fsp3) is 1.00. The zero-order valence-corrected chi connectivity index (χ0v) is 32.0. The maximum atomic E-state index is 14.0. The van der Waals surface area contributed by atoms with Gasteiger partial charge in [0, 0.05) is 62.4 Å². The first-order valence-electron chi connectivity index (χ1n) is 21.2. The highest BCUT2D eigenvalue weighted by Gasteiger charge is 2.54. The molecule has 4 saturated carbocycles. The first-order valence-corrected chi connectivity index (χ1v) is 24.4. The number of sulfone groups is 2. The highest BCUT2D eigenvalue weighted by atomic mass is 32.2. The molecule has 4 N–H and O–H groups in total. The summed E-state index contributed by atoms with van der Waals surface area (Å²) in [6.45, 7) is 4.84. The average molecular weight is 735 g/mol. The van der Waals surface area contributed by atoms with Crippen LogP contribution in [0.15, 0.2) is 0 Å². The highest BCUT2D eigenvalue weighted by molar-refractivity contribution is 7.93. The lowest BCUT2D eigenvalue weighted by Crippen LogP contribution is -2.62. The van der Waals surface area contributed by atoms with Crippen molar-refractivity contribution in [2.24, 2.45) is 23.7 Å². The molecule has 5 heterocycles. The molecule has 10 atom stereocenters. The highest BCUT2D eigenvalue weighted by Crippen LogP contribution is 2.50. The van der Waals surface area contributed by atoms with Crippen LogP contribution in [0.2, 0.25) is 0 Å². The van der Waals surface area contributed by atoms with Crippen LogP contribution in [0.3, 0.4) is 0 Å². The molecule has 0 aromatic heterocycles. The molecule has 10 nitrogen and oxygen atoms in total. The number of nitrogens with zero attached hydrogens (tertiary/aromatic N) is 2. The van der Waals surface area contributed by atoms with Gasteiger partial charge in [-0.3, -0.25) is 20.4 Å². The molecule has 4 aliphatic carbocycles. The van der Waals surface area contributed by atoms with Gasteiger partial charge in [-0.2, -0.15) is 0 Å². The number of hydrogen-bond acceptors (Lipinski definition) is 10. The van der Waals surface area contributed by atoms with E-state index in [-0.39, 0.29) is 23.6 Å². The number of rotatable bonds is 6. The van der Waals surface area contributed by atoms with E-state index in [0.29, 0.717) is 36.3 Å². The molecule has 0 aromatic rings. The zero-order chi connectivity index (χ0) is 34.0. The zero-order valence-electron chi connectivity index (χ0n) is 30.4. The molecule has 50 heavy (non-hydrogen) atoms. The second-order valence-corrected chi connectivity index (χ2v) is 23.0. The predicted octanol–water partition coefficient (Wildman–Crippen LogP) is 2.99. The quantitative estimate of drug-likeness (QED) is 0.324. The first-order chi connectivity index (χ1) is 24.3. The largest absolute Gasteiger partial charge is 0.315 e. The van der Waals surface area contributed by atoms with Crippen LogP contribution in [0, 0.1) is 23.7 Å². The lowest BCUT2D eigenvalue weighted by atomic mass is 9.76. The van der Waals surface area contributed by atoms with Gasteiger partial charge in [-0.05, 0) is 127 Å². The molecule has 9 fully saturated rings. The van der Waals surface area contributed by atoms with Crippen molar-refractivity contribution < 1.29 is 16.8 Å². The first kappa shape index (κ1) is 35.4. The molecule has 12 heteroatoms. The molecule has 0 spiro atoms. The molecule has 0 radical (unpaired) electrons. The topological polar surface area (TPSA) is 123 Å². The van der Waals surface area contributed by atoms with Crippen LogP contribution in [0.25, 0.3) is 0 Å². The van der Waals surface area contributed by atoms with E-state index in [4.69, 9.17) is 0 Å². The van der Waals surface area contributed by atoms with E-state index in [1.165, 1.54) is 64.2 Å². The van der Waals surface area contributed by atoms with Crippen molar-refractivity contribution in [3.05, 3.63) is 0 Å². The van der Waals surface area contributed by atoms with Crippen LogP contribution < -0.4 is 21.3 Å². The van der Waals surface area contributed by atoms with E-state index < -0.39 is 30.4 Å². The Hall–Kier alpha value is -0.340. The van der Waals surface area contributed by atoms with Crippen LogP contribution in [-0.2, 0) is 19.7 Å². The number of hydrogen-bond donors (Lipinski definition) is 4. The third kappa shape index (κ3) is 6.17. The Labute approximate surface area is 302 Å². The van der Waals surface area contributed by atoms with Crippen molar-refractivity contribution in [1.82, 2.24) is 31.1 Å². The molecular formula is C38H66N6O4S2. The third-order valence-electron chi connectivity index (χ3n) is 16.1. The number of likely N-dealkylation sites (tertiary alicyclic amines) is 2.